The lowest BCUT2D eigenvalue weighted by Gasteiger charge is -2.30. The van der Waals surface area contributed by atoms with Gasteiger partial charge in [0.1, 0.15) is 5.54 Å². The summed E-state index contributed by atoms with van der Waals surface area (Å²) in [6.45, 7) is 7.41. The third kappa shape index (κ3) is 4.26. The van der Waals surface area contributed by atoms with Gasteiger partial charge in [0.05, 0.1) is 26.4 Å². The van der Waals surface area contributed by atoms with E-state index in [0.29, 0.717) is 13.2 Å². The van der Waals surface area contributed by atoms with Crippen LogP contribution in [-0.2, 0) is 19.0 Å². The van der Waals surface area contributed by atoms with Crippen molar-refractivity contribution in [2.75, 3.05) is 26.9 Å². The second-order valence-corrected chi connectivity index (χ2v) is 4.92. The number of hydrogen-bond donors (Lipinski definition) is 1. The summed E-state index contributed by atoms with van der Waals surface area (Å²) in [5, 5.41) is 3.19. The van der Waals surface area contributed by atoms with Crippen LogP contribution in [0.2, 0.25) is 0 Å². The zero-order valence-electron chi connectivity index (χ0n) is 11.1. The van der Waals surface area contributed by atoms with Gasteiger partial charge in [-0.2, -0.15) is 0 Å². The summed E-state index contributed by atoms with van der Waals surface area (Å²) in [5.41, 5.74) is -0.800. The SMILES string of the molecule is COC(=O)C(C)(COC1CCOC1)NC(C)C. The Hall–Kier alpha value is -0.650. The van der Waals surface area contributed by atoms with Gasteiger partial charge in [-0.3, -0.25) is 5.32 Å². The van der Waals surface area contributed by atoms with Crippen molar-refractivity contribution in [2.45, 2.75) is 44.9 Å². The normalized spacial score (nSPS) is 23.7. The molecule has 0 aromatic carbocycles. The summed E-state index contributed by atoms with van der Waals surface area (Å²) in [6.07, 6.45) is 0.979. The maximum atomic E-state index is 11.8. The molecule has 1 aliphatic heterocycles. The highest BCUT2D eigenvalue weighted by Crippen LogP contribution is 2.14. The van der Waals surface area contributed by atoms with Gasteiger partial charge in [0.2, 0.25) is 0 Å². The molecule has 0 radical (unpaired) electrons. The highest BCUT2D eigenvalue weighted by molar-refractivity contribution is 5.80. The van der Waals surface area contributed by atoms with Gasteiger partial charge in [-0.15, -0.1) is 0 Å². The van der Waals surface area contributed by atoms with Crippen molar-refractivity contribution in [3.05, 3.63) is 0 Å². The number of methoxy groups -OCH3 is 1. The fraction of sp³-hybridized carbons (Fsp3) is 0.917. The van der Waals surface area contributed by atoms with Crippen molar-refractivity contribution in [3.63, 3.8) is 0 Å². The number of carbonyl (C=O) groups is 1. The first kappa shape index (κ1) is 14.4. The molecule has 5 heteroatoms. The molecular formula is C12H23NO4. The van der Waals surface area contributed by atoms with E-state index in [0.717, 1.165) is 13.0 Å². The van der Waals surface area contributed by atoms with E-state index in [1.807, 2.05) is 13.8 Å². The number of esters is 1. The predicted molar refractivity (Wildman–Crippen MR) is 63.9 cm³/mol. The molecule has 0 amide bonds. The Morgan fingerprint density at radius 1 is 1.59 bits per heavy atom. The van der Waals surface area contributed by atoms with Gasteiger partial charge in [-0.25, -0.2) is 4.79 Å². The zero-order valence-corrected chi connectivity index (χ0v) is 11.1. The molecule has 2 unspecified atom stereocenters. The maximum Gasteiger partial charge on any atom is 0.328 e. The lowest BCUT2D eigenvalue weighted by Crippen LogP contribution is -2.56. The van der Waals surface area contributed by atoms with Crippen molar-refractivity contribution < 1.29 is 19.0 Å². The summed E-state index contributed by atoms with van der Waals surface area (Å²) in [7, 11) is 1.39. The lowest BCUT2D eigenvalue weighted by atomic mass is 10.0. The first-order chi connectivity index (χ1) is 7.98. The van der Waals surface area contributed by atoms with E-state index in [9.17, 15) is 4.79 Å². The highest BCUT2D eigenvalue weighted by Gasteiger charge is 2.36. The van der Waals surface area contributed by atoms with E-state index in [1.54, 1.807) is 6.92 Å². The molecule has 1 heterocycles. The minimum absolute atomic E-state index is 0.0907. The Morgan fingerprint density at radius 2 is 2.29 bits per heavy atom. The molecular weight excluding hydrogens is 222 g/mol. The quantitative estimate of drug-likeness (QED) is 0.699. The Balaban J connectivity index is 2.52. The van der Waals surface area contributed by atoms with Crippen molar-refractivity contribution in [1.29, 1.82) is 0 Å². The van der Waals surface area contributed by atoms with Crippen LogP contribution in [0, 0.1) is 0 Å². The number of ether oxygens (including phenoxy) is 3. The van der Waals surface area contributed by atoms with Crippen LogP contribution in [-0.4, -0.2) is 50.6 Å². The predicted octanol–water partition coefficient (Wildman–Crippen LogP) is 0.722. The lowest BCUT2D eigenvalue weighted by molar-refractivity contribution is -0.152. The van der Waals surface area contributed by atoms with Crippen LogP contribution >= 0.6 is 0 Å². The molecule has 17 heavy (non-hydrogen) atoms. The fourth-order valence-corrected chi connectivity index (χ4v) is 1.95. The monoisotopic (exact) mass is 245 g/mol. The van der Waals surface area contributed by atoms with Crippen LogP contribution in [0.15, 0.2) is 0 Å². The van der Waals surface area contributed by atoms with Crippen molar-refractivity contribution >= 4 is 5.97 Å². The number of nitrogens with one attached hydrogen (secondary N) is 1. The fourth-order valence-electron chi connectivity index (χ4n) is 1.95. The molecule has 1 fully saturated rings. The summed E-state index contributed by atoms with van der Waals surface area (Å²) in [6, 6.07) is 0.183. The third-order valence-electron chi connectivity index (χ3n) is 2.74. The number of hydrogen-bond acceptors (Lipinski definition) is 5. The summed E-state index contributed by atoms with van der Waals surface area (Å²) in [4.78, 5) is 11.8. The van der Waals surface area contributed by atoms with E-state index in [1.165, 1.54) is 7.11 Å². The second-order valence-electron chi connectivity index (χ2n) is 4.92. The minimum Gasteiger partial charge on any atom is -0.468 e. The van der Waals surface area contributed by atoms with Gasteiger partial charge in [-0.05, 0) is 27.2 Å². The van der Waals surface area contributed by atoms with E-state index in [-0.39, 0.29) is 18.1 Å². The zero-order chi connectivity index (χ0) is 12.9. The molecule has 0 bridgehead atoms. The van der Waals surface area contributed by atoms with Gasteiger partial charge in [0.15, 0.2) is 0 Å². The van der Waals surface area contributed by atoms with Crippen LogP contribution in [0.3, 0.4) is 0 Å². The van der Waals surface area contributed by atoms with E-state index in [2.05, 4.69) is 5.32 Å². The largest absolute Gasteiger partial charge is 0.468 e. The van der Waals surface area contributed by atoms with Crippen LogP contribution in [0.4, 0.5) is 0 Å². The molecule has 0 spiro atoms. The smallest absolute Gasteiger partial charge is 0.328 e. The van der Waals surface area contributed by atoms with E-state index < -0.39 is 5.54 Å². The summed E-state index contributed by atoms with van der Waals surface area (Å²) in [5.74, 6) is -0.301. The third-order valence-corrected chi connectivity index (χ3v) is 2.74. The van der Waals surface area contributed by atoms with Crippen LogP contribution in [0.25, 0.3) is 0 Å². The van der Waals surface area contributed by atoms with Gasteiger partial charge in [0.25, 0.3) is 0 Å². The molecule has 1 saturated heterocycles. The van der Waals surface area contributed by atoms with Gasteiger partial charge < -0.3 is 14.2 Å². The van der Waals surface area contributed by atoms with Gasteiger partial charge in [0, 0.05) is 12.6 Å². The average Bonchev–Trinajstić information content (AvgIpc) is 2.77. The molecule has 0 saturated carbocycles. The van der Waals surface area contributed by atoms with E-state index in [4.69, 9.17) is 14.2 Å². The molecule has 100 valence electrons. The average molecular weight is 245 g/mol. The first-order valence-corrected chi connectivity index (χ1v) is 6.03. The molecule has 1 rings (SSSR count). The van der Waals surface area contributed by atoms with Crippen LogP contribution in [0.5, 0.6) is 0 Å². The topological polar surface area (TPSA) is 56.8 Å². The number of rotatable bonds is 6. The van der Waals surface area contributed by atoms with Gasteiger partial charge >= 0.3 is 5.97 Å². The standard InChI is InChI=1S/C12H23NO4/c1-9(2)13-12(3,11(14)15-4)8-17-10-5-6-16-7-10/h9-10,13H,5-8H2,1-4H3. The molecule has 0 aromatic rings. The highest BCUT2D eigenvalue weighted by atomic mass is 16.6. The molecule has 1 N–H and O–H groups in total. The Kier molecular flexibility index (Phi) is 5.36. The molecule has 2 atom stereocenters. The molecule has 0 aromatic heterocycles. The van der Waals surface area contributed by atoms with Gasteiger partial charge in [-0.1, -0.05) is 0 Å². The Morgan fingerprint density at radius 3 is 2.76 bits per heavy atom. The second kappa shape index (κ2) is 6.33. The van der Waals surface area contributed by atoms with Crippen LogP contribution in [0.1, 0.15) is 27.2 Å². The Labute approximate surface area is 103 Å². The van der Waals surface area contributed by atoms with Crippen molar-refractivity contribution in [1.82, 2.24) is 5.32 Å². The Bertz CT molecular complexity index is 251. The number of carbonyl (C=O) groups excluding carboxylic acids is 1. The minimum atomic E-state index is -0.800. The van der Waals surface area contributed by atoms with Crippen molar-refractivity contribution in [3.8, 4) is 0 Å². The first-order valence-electron chi connectivity index (χ1n) is 6.03. The van der Waals surface area contributed by atoms with Crippen LogP contribution < -0.4 is 5.32 Å². The summed E-state index contributed by atoms with van der Waals surface area (Å²) < 4.78 is 15.8. The molecule has 5 nitrogen and oxygen atoms in total. The summed E-state index contributed by atoms with van der Waals surface area (Å²) >= 11 is 0. The molecule has 1 aliphatic rings. The van der Waals surface area contributed by atoms with E-state index >= 15 is 0 Å². The molecule has 0 aliphatic carbocycles. The van der Waals surface area contributed by atoms with Crippen molar-refractivity contribution in [2.24, 2.45) is 0 Å². The maximum absolute atomic E-state index is 11.8.